The van der Waals surface area contributed by atoms with Gasteiger partial charge in [-0.05, 0) is 29.5 Å². The van der Waals surface area contributed by atoms with Crippen LogP contribution in [0.15, 0.2) is 46.5 Å². The van der Waals surface area contributed by atoms with Gasteiger partial charge in [0.25, 0.3) is 5.91 Å². The van der Waals surface area contributed by atoms with Gasteiger partial charge in [0.1, 0.15) is 10.8 Å². The van der Waals surface area contributed by atoms with E-state index in [0.29, 0.717) is 11.4 Å². The molecule has 27 heavy (non-hydrogen) atoms. The van der Waals surface area contributed by atoms with Crippen LogP contribution < -0.4 is 15.6 Å². The topological polar surface area (TPSA) is 80.3 Å². The third-order valence-corrected chi connectivity index (χ3v) is 5.34. The maximum absolute atomic E-state index is 12.0. The highest BCUT2D eigenvalue weighted by atomic mass is 32.1. The monoisotopic (exact) mass is 401 g/mol. The normalized spacial score (nSPS) is 10.4. The summed E-state index contributed by atoms with van der Waals surface area (Å²) in [6.45, 7) is 1.85. The third kappa shape index (κ3) is 5.38. The molecular weight excluding hydrogens is 382 g/mol. The summed E-state index contributed by atoms with van der Waals surface area (Å²) in [5, 5.41) is 6.73. The van der Waals surface area contributed by atoms with E-state index in [1.807, 2.05) is 53.4 Å². The molecule has 1 aromatic carbocycles. The minimum absolute atomic E-state index is 0.0977. The molecule has 2 N–H and O–H groups in total. The second-order valence-corrected chi connectivity index (χ2v) is 7.32. The fourth-order valence-electron chi connectivity index (χ4n) is 2.37. The summed E-state index contributed by atoms with van der Waals surface area (Å²) < 4.78 is 5.51. The van der Waals surface area contributed by atoms with E-state index in [1.54, 1.807) is 11.3 Å². The summed E-state index contributed by atoms with van der Waals surface area (Å²) in [5.41, 5.74) is 7.49. The maximum atomic E-state index is 12.0. The number of aromatic nitrogens is 1. The van der Waals surface area contributed by atoms with Crippen molar-refractivity contribution in [3.63, 3.8) is 0 Å². The first kappa shape index (κ1) is 19.1. The molecule has 3 aromatic rings. The number of thiophene rings is 1. The van der Waals surface area contributed by atoms with Gasteiger partial charge >= 0.3 is 0 Å². The molecule has 140 valence electrons. The van der Waals surface area contributed by atoms with E-state index in [9.17, 15) is 9.59 Å². The van der Waals surface area contributed by atoms with Gasteiger partial charge in [-0.3, -0.25) is 20.4 Å². The molecule has 0 saturated carbocycles. The van der Waals surface area contributed by atoms with Crippen LogP contribution in [0.1, 0.15) is 18.2 Å². The number of carbonyl (C=O) groups excluding carboxylic acids is 2. The molecule has 8 heteroatoms. The molecule has 0 aliphatic rings. The number of nitrogens with zero attached hydrogens (tertiary/aromatic N) is 1. The fourth-order valence-corrected chi connectivity index (χ4v) is 3.90. The number of carbonyl (C=O) groups is 2. The highest BCUT2D eigenvalue weighted by Crippen LogP contribution is 2.25. The van der Waals surface area contributed by atoms with Gasteiger partial charge in [-0.1, -0.05) is 25.1 Å². The van der Waals surface area contributed by atoms with E-state index >= 15 is 0 Å². The molecule has 0 unspecified atom stereocenters. The Morgan fingerprint density at radius 3 is 2.70 bits per heavy atom. The molecule has 2 heterocycles. The van der Waals surface area contributed by atoms with Crippen molar-refractivity contribution in [3.05, 3.63) is 57.7 Å². The van der Waals surface area contributed by atoms with Crippen LogP contribution in [0, 0.1) is 0 Å². The molecule has 2 amide bonds. The second kappa shape index (κ2) is 9.29. The Balaban J connectivity index is 1.43. The number of rotatable bonds is 7. The lowest BCUT2D eigenvalue weighted by Crippen LogP contribution is -2.44. The molecule has 3 rings (SSSR count). The van der Waals surface area contributed by atoms with Crippen LogP contribution in [-0.2, 0) is 22.4 Å². The summed E-state index contributed by atoms with van der Waals surface area (Å²) in [4.78, 5) is 28.3. The molecule has 0 bridgehead atoms. The van der Waals surface area contributed by atoms with Crippen molar-refractivity contribution in [1.29, 1.82) is 0 Å². The Kier molecular flexibility index (Phi) is 6.56. The predicted octanol–water partition coefficient (Wildman–Crippen LogP) is 3.20. The van der Waals surface area contributed by atoms with Gasteiger partial charge in [-0.15, -0.1) is 11.3 Å². The standard InChI is InChI=1S/C19H19N3O3S2/c1-2-13-5-3-4-6-16(13)25-10-18(24)22-21-17(23)9-15-12-27-19(20-15)14-7-8-26-11-14/h3-8,11-12H,2,9-10H2,1H3,(H,21,23)(H,22,24). The van der Waals surface area contributed by atoms with Crippen molar-refractivity contribution < 1.29 is 14.3 Å². The Hall–Kier alpha value is -2.71. The van der Waals surface area contributed by atoms with Gasteiger partial charge in [0.05, 0.1) is 12.1 Å². The minimum atomic E-state index is -0.425. The van der Waals surface area contributed by atoms with Gasteiger partial charge in [0.15, 0.2) is 6.61 Å². The van der Waals surface area contributed by atoms with E-state index in [-0.39, 0.29) is 18.9 Å². The highest BCUT2D eigenvalue weighted by molar-refractivity contribution is 7.14. The van der Waals surface area contributed by atoms with Crippen LogP contribution in [0.5, 0.6) is 5.75 Å². The van der Waals surface area contributed by atoms with Gasteiger partial charge in [-0.25, -0.2) is 4.98 Å². The number of thiazole rings is 1. The minimum Gasteiger partial charge on any atom is -0.483 e. The summed E-state index contributed by atoms with van der Waals surface area (Å²) >= 11 is 3.09. The zero-order valence-electron chi connectivity index (χ0n) is 14.7. The van der Waals surface area contributed by atoms with Crippen LogP contribution in [0.4, 0.5) is 0 Å². The number of hydrogen-bond acceptors (Lipinski definition) is 6. The largest absolute Gasteiger partial charge is 0.483 e. The number of amides is 2. The number of hydrogen-bond donors (Lipinski definition) is 2. The molecule has 0 atom stereocenters. The summed E-state index contributed by atoms with van der Waals surface area (Å²) in [5.74, 6) is -0.0871. The zero-order chi connectivity index (χ0) is 19.1. The summed E-state index contributed by atoms with van der Waals surface area (Å²) in [6.07, 6.45) is 0.913. The van der Waals surface area contributed by atoms with Gasteiger partial charge < -0.3 is 4.74 Å². The molecule has 0 fully saturated rings. The fraction of sp³-hybridized carbons (Fsp3) is 0.211. The van der Waals surface area contributed by atoms with Crippen LogP contribution in [0.3, 0.4) is 0 Å². The average molecular weight is 402 g/mol. The maximum Gasteiger partial charge on any atom is 0.276 e. The molecular formula is C19H19N3O3S2. The van der Waals surface area contributed by atoms with Crippen LogP contribution in [0.25, 0.3) is 10.6 Å². The number of aryl methyl sites for hydroxylation is 1. The number of nitrogens with one attached hydrogen (secondary N) is 2. The number of hydrazine groups is 1. The first-order valence-corrected chi connectivity index (χ1v) is 10.2. The quantitative estimate of drug-likeness (QED) is 0.596. The predicted molar refractivity (Wildman–Crippen MR) is 107 cm³/mol. The lowest BCUT2D eigenvalue weighted by atomic mass is 10.1. The first-order chi connectivity index (χ1) is 13.2. The summed E-state index contributed by atoms with van der Waals surface area (Å²) in [7, 11) is 0. The van der Waals surface area contributed by atoms with Crippen molar-refractivity contribution in [3.8, 4) is 16.3 Å². The number of benzene rings is 1. The lowest BCUT2D eigenvalue weighted by molar-refractivity contribution is -0.129. The van der Waals surface area contributed by atoms with Crippen molar-refractivity contribution in [1.82, 2.24) is 15.8 Å². The third-order valence-electron chi connectivity index (χ3n) is 3.72. The van der Waals surface area contributed by atoms with E-state index in [1.165, 1.54) is 11.3 Å². The van der Waals surface area contributed by atoms with Crippen LogP contribution >= 0.6 is 22.7 Å². The van der Waals surface area contributed by atoms with Crippen molar-refractivity contribution in [2.45, 2.75) is 19.8 Å². The SMILES string of the molecule is CCc1ccccc1OCC(=O)NNC(=O)Cc1csc(-c2ccsc2)n1. The van der Waals surface area contributed by atoms with Crippen LogP contribution in [0.2, 0.25) is 0 Å². The Morgan fingerprint density at radius 1 is 1.11 bits per heavy atom. The van der Waals surface area contributed by atoms with E-state index in [0.717, 1.165) is 22.6 Å². The van der Waals surface area contributed by atoms with Gasteiger partial charge in [0, 0.05) is 16.3 Å². The Morgan fingerprint density at radius 2 is 1.93 bits per heavy atom. The molecule has 2 aromatic heterocycles. The zero-order valence-corrected chi connectivity index (χ0v) is 16.4. The van der Waals surface area contributed by atoms with E-state index in [2.05, 4.69) is 15.8 Å². The van der Waals surface area contributed by atoms with Crippen LogP contribution in [-0.4, -0.2) is 23.4 Å². The molecule has 0 aliphatic carbocycles. The van der Waals surface area contributed by atoms with Gasteiger partial charge in [0.2, 0.25) is 5.91 Å². The van der Waals surface area contributed by atoms with E-state index in [4.69, 9.17) is 4.74 Å². The molecule has 0 saturated heterocycles. The Labute approximate surface area is 165 Å². The summed E-state index contributed by atoms with van der Waals surface area (Å²) in [6, 6.07) is 9.54. The molecule has 0 aliphatic heterocycles. The molecule has 0 spiro atoms. The Bertz CT molecular complexity index is 907. The van der Waals surface area contributed by atoms with Crippen molar-refractivity contribution >= 4 is 34.5 Å². The second-order valence-electron chi connectivity index (χ2n) is 5.68. The van der Waals surface area contributed by atoms with Gasteiger partial charge in [-0.2, -0.15) is 11.3 Å². The average Bonchev–Trinajstić information content (AvgIpc) is 3.36. The van der Waals surface area contributed by atoms with Crippen molar-refractivity contribution in [2.75, 3.05) is 6.61 Å². The molecule has 6 nitrogen and oxygen atoms in total. The van der Waals surface area contributed by atoms with E-state index < -0.39 is 5.91 Å². The smallest absolute Gasteiger partial charge is 0.276 e. The molecule has 0 radical (unpaired) electrons. The lowest BCUT2D eigenvalue weighted by Gasteiger charge is -2.10. The number of para-hydroxylation sites is 1. The first-order valence-electron chi connectivity index (χ1n) is 8.41. The number of ether oxygens (including phenoxy) is 1. The highest BCUT2D eigenvalue weighted by Gasteiger charge is 2.11. The van der Waals surface area contributed by atoms with Crippen molar-refractivity contribution in [2.24, 2.45) is 0 Å².